The Morgan fingerprint density at radius 3 is 3.12 bits per heavy atom. The fraction of sp³-hybridized carbons (Fsp3) is 0.333. The highest BCUT2D eigenvalue weighted by molar-refractivity contribution is 8.00. The first kappa shape index (κ1) is 15.3. The van der Waals surface area contributed by atoms with E-state index in [4.69, 9.17) is 4.42 Å². The van der Waals surface area contributed by atoms with Crippen molar-refractivity contribution >= 4 is 29.3 Å². The molecule has 0 spiro atoms. The zero-order chi connectivity index (χ0) is 16.7. The number of aryl methyl sites for hydroxylation is 1. The topological polar surface area (TPSA) is 71.3 Å². The number of carbonyl (C=O) groups excluding carboxylic acids is 2. The molecule has 1 aromatic carbocycles. The van der Waals surface area contributed by atoms with Gasteiger partial charge in [0.2, 0.25) is 5.91 Å². The fourth-order valence-electron chi connectivity index (χ4n) is 3.23. The average Bonchev–Trinajstić information content (AvgIpc) is 3.05. The number of benzene rings is 1. The lowest BCUT2D eigenvalue weighted by Crippen LogP contribution is -2.31. The summed E-state index contributed by atoms with van der Waals surface area (Å²) in [6, 6.07) is 7.38. The summed E-state index contributed by atoms with van der Waals surface area (Å²) in [6.07, 6.45) is 4.52. The number of fused-ring (bicyclic) bond motifs is 2. The van der Waals surface area contributed by atoms with Crippen LogP contribution in [0.25, 0.3) is 0 Å². The SMILES string of the molecule is CC1Sc2ccc(C(=O)NC3CCCc4occc43)cc2NC1=O. The molecule has 124 valence electrons. The summed E-state index contributed by atoms with van der Waals surface area (Å²) in [5, 5.41) is 5.84. The van der Waals surface area contributed by atoms with Gasteiger partial charge >= 0.3 is 0 Å². The summed E-state index contributed by atoms with van der Waals surface area (Å²) >= 11 is 1.51. The van der Waals surface area contributed by atoms with E-state index in [1.165, 1.54) is 11.8 Å². The van der Waals surface area contributed by atoms with E-state index in [1.807, 2.05) is 25.1 Å². The van der Waals surface area contributed by atoms with E-state index < -0.39 is 0 Å². The molecule has 0 radical (unpaired) electrons. The van der Waals surface area contributed by atoms with Gasteiger partial charge in [0.25, 0.3) is 5.91 Å². The number of amides is 2. The average molecular weight is 342 g/mol. The second kappa shape index (κ2) is 6.02. The normalized spacial score (nSPS) is 22.3. The van der Waals surface area contributed by atoms with Crippen molar-refractivity contribution in [1.82, 2.24) is 5.32 Å². The Balaban J connectivity index is 1.54. The Bertz CT molecular complexity index is 814. The van der Waals surface area contributed by atoms with Crippen molar-refractivity contribution in [3.05, 3.63) is 47.4 Å². The smallest absolute Gasteiger partial charge is 0.251 e. The maximum absolute atomic E-state index is 12.6. The van der Waals surface area contributed by atoms with E-state index in [0.717, 1.165) is 35.5 Å². The number of anilines is 1. The van der Waals surface area contributed by atoms with Crippen LogP contribution in [0.5, 0.6) is 0 Å². The summed E-state index contributed by atoms with van der Waals surface area (Å²) in [7, 11) is 0. The summed E-state index contributed by atoms with van der Waals surface area (Å²) in [5.41, 5.74) is 2.34. The molecule has 2 heterocycles. The molecule has 6 heteroatoms. The van der Waals surface area contributed by atoms with Crippen molar-refractivity contribution in [3.8, 4) is 0 Å². The van der Waals surface area contributed by atoms with Gasteiger partial charge in [0.15, 0.2) is 0 Å². The van der Waals surface area contributed by atoms with Gasteiger partial charge in [-0.3, -0.25) is 9.59 Å². The van der Waals surface area contributed by atoms with Crippen LogP contribution >= 0.6 is 11.8 Å². The zero-order valence-electron chi connectivity index (χ0n) is 13.3. The number of nitrogens with one attached hydrogen (secondary N) is 2. The van der Waals surface area contributed by atoms with Gasteiger partial charge in [-0.2, -0.15) is 0 Å². The van der Waals surface area contributed by atoms with Crippen molar-refractivity contribution < 1.29 is 14.0 Å². The highest BCUT2D eigenvalue weighted by atomic mass is 32.2. The molecule has 2 aliphatic rings. The molecule has 5 nitrogen and oxygen atoms in total. The Morgan fingerprint density at radius 2 is 2.25 bits per heavy atom. The minimum Gasteiger partial charge on any atom is -0.469 e. The molecule has 2 unspecified atom stereocenters. The number of thioether (sulfide) groups is 1. The van der Waals surface area contributed by atoms with Gasteiger partial charge < -0.3 is 15.1 Å². The lowest BCUT2D eigenvalue weighted by atomic mass is 9.93. The third-order valence-corrected chi connectivity index (χ3v) is 5.71. The Morgan fingerprint density at radius 1 is 1.38 bits per heavy atom. The van der Waals surface area contributed by atoms with Crippen LogP contribution in [-0.2, 0) is 11.2 Å². The molecule has 4 rings (SSSR count). The quantitative estimate of drug-likeness (QED) is 0.876. The van der Waals surface area contributed by atoms with Crippen LogP contribution in [0, 0.1) is 0 Å². The standard InChI is InChI=1S/C18H18N2O3S/c1-10-17(21)20-14-9-11(5-6-16(14)24-10)18(22)19-13-3-2-4-15-12(13)7-8-23-15/h5-10,13H,2-4H2,1H3,(H,19,22)(H,20,21). The molecule has 24 heavy (non-hydrogen) atoms. The minimum absolute atomic E-state index is 0.0139. The van der Waals surface area contributed by atoms with Gasteiger partial charge in [0.1, 0.15) is 5.76 Å². The van der Waals surface area contributed by atoms with Gasteiger partial charge in [-0.25, -0.2) is 0 Å². The molecule has 1 aliphatic carbocycles. The lowest BCUT2D eigenvalue weighted by Gasteiger charge is -2.24. The van der Waals surface area contributed by atoms with Crippen LogP contribution in [0.2, 0.25) is 0 Å². The van der Waals surface area contributed by atoms with Crippen molar-refractivity contribution in [2.45, 2.75) is 42.4 Å². The molecular formula is C18H18N2O3S. The van der Waals surface area contributed by atoms with E-state index in [-0.39, 0.29) is 23.1 Å². The number of carbonyl (C=O) groups is 2. The maximum atomic E-state index is 12.6. The van der Waals surface area contributed by atoms with E-state index in [9.17, 15) is 9.59 Å². The number of rotatable bonds is 2. The molecule has 1 aliphatic heterocycles. The third kappa shape index (κ3) is 2.71. The molecular weight excluding hydrogens is 324 g/mol. The van der Waals surface area contributed by atoms with E-state index >= 15 is 0 Å². The van der Waals surface area contributed by atoms with E-state index in [2.05, 4.69) is 10.6 Å². The number of hydrogen-bond donors (Lipinski definition) is 2. The number of hydrogen-bond acceptors (Lipinski definition) is 4. The van der Waals surface area contributed by atoms with Gasteiger partial charge in [0.05, 0.1) is 23.2 Å². The van der Waals surface area contributed by atoms with Crippen molar-refractivity contribution in [2.24, 2.45) is 0 Å². The molecule has 0 fully saturated rings. The summed E-state index contributed by atoms with van der Waals surface area (Å²) in [5.74, 6) is 0.810. The molecule has 2 N–H and O–H groups in total. The maximum Gasteiger partial charge on any atom is 0.251 e. The first-order valence-corrected chi connectivity index (χ1v) is 8.98. The van der Waals surface area contributed by atoms with E-state index in [0.29, 0.717) is 11.3 Å². The van der Waals surface area contributed by atoms with Crippen LogP contribution in [0.4, 0.5) is 5.69 Å². The van der Waals surface area contributed by atoms with Crippen LogP contribution in [0.1, 0.15) is 47.5 Å². The third-order valence-electron chi connectivity index (χ3n) is 4.53. The first-order chi connectivity index (χ1) is 11.6. The minimum atomic E-state index is -0.130. The molecule has 2 aromatic rings. The fourth-order valence-corrected chi connectivity index (χ4v) is 4.16. The van der Waals surface area contributed by atoms with Crippen molar-refractivity contribution in [3.63, 3.8) is 0 Å². The molecule has 1 aromatic heterocycles. The van der Waals surface area contributed by atoms with Crippen LogP contribution < -0.4 is 10.6 Å². The molecule has 2 atom stereocenters. The Labute approximate surface area is 144 Å². The van der Waals surface area contributed by atoms with Crippen molar-refractivity contribution in [1.29, 1.82) is 0 Å². The largest absolute Gasteiger partial charge is 0.469 e. The molecule has 0 bridgehead atoms. The van der Waals surface area contributed by atoms with Gasteiger partial charge in [0, 0.05) is 22.4 Å². The monoisotopic (exact) mass is 342 g/mol. The van der Waals surface area contributed by atoms with E-state index in [1.54, 1.807) is 12.3 Å². The Kier molecular flexibility index (Phi) is 3.84. The van der Waals surface area contributed by atoms with Crippen molar-refractivity contribution in [2.75, 3.05) is 5.32 Å². The van der Waals surface area contributed by atoms with Crippen LogP contribution in [-0.4, -0.2) is 17.1 Å². The Hall–Kier alpha value is -2.21. The van der Waals surface area contributed by atoms with Gasteiger partial charge in [-0.05, 0) is 44.0 Å². The second-order valence-corrected chi connectivity index (χ2v) is 7.56. The van der Waals surface area contributed by atoms with Crippen LogP contribution in [0.3, 0.4) is 0 Å². The summed E-state index contributed by atoms with van der Waals surface area (Å²) in [6.45, 7) is 1.87. The predicted molar refractivity (Wildman–Crippen MR) is 92.2 cm³/mol. The summed E-state index contributed by atoms with van der Waals surface area (Å²) in [4.78, 5) is 25.4. The second-order valence-electron chi connectivity index (χ2n) is 6.18. The highest BCUT2D eigenvalue weighted by Gasteiger charge is 2.26. The number of furan rings is 1. The first-order valence-electron chi connectivity index (χ1n) is 8.10. The molecule has 0 saturated heterocycles. The lowest BCUT2D eigenvalue weighted by molar-refractivity contribution is -0.115. The van der Waals surface area contributed by atoms with Gasteiger partial charge in [-0.15, -0.1) is 11.8 Å². The molecule has 2 amide bonds. The molecule has 0 saturated carbocycles. The summed E-state index contributed by atoms with van der Waals surface area (Å²) < 4.78 is 5.47. The van der Waals surface area contributed by atoms with Gasteiger partial charge in [-0.1, -0.05) is 0 Å². The zero-order valence-corrected chi connectivity index (χ0v) is 14.1. The van der Waals surface area contributed by atoms with Crippen LogP contribution in [0.15, 0.2) is 39.8 Å². The highest BCUT2D eigenvalue weighted by Crippen LogP contribution is 2.36. The predicted octanol–water partition coefficient (Wildman–Crippen LogP) is 3.52.